The van der Waals surface area contributed by atoms with E-state index in [4.69, 9.17) is 0 Å². The number of hydrogen-bond donors (Lipinski definition) is 1. The SMILES string of the molecule is CCCN1C(=O)c2c(C(=O)N3CCCCCC3)ncn2CC1(C)C(=O)NCc1ccc(F)cc1. The Hall–Kier alpha value is -3.23. The molecule has 0 radical (unpaired) electrons. The number of rotatable bonds is 6. The Kier molecular flexibility index (Phi) is 7.00. The quantitative estimate of drug-likeness (QED) is 0.705. The fourth-order valence-electron chi connectivity index (χ4n) is 4.82. The average Bonchev–Trinajstić information content (AvgIpc) is 3.05. The maximum atomic E-state index is 13.6. The molecule has 1 saturated heterocycles. The van der Waals surface area contributed by atoms with E-state index in [9.17, 15) is 18.8 Å². The van der Waals surface area contributed by atoms with Gasteiger partial charge < -0.3 is 19.7 Å². The fourth-order valence-corrected chi connectivity index (χ4v) is 4.82. The molecule has 1 aromatic carbocycles. The van der Waals surface area contributed by atoms with Crippen LogP contribution in [0.3, 0.4) is 0 Å². The van der Waals surface area contributed by atoms with E-state index in [2.05, 4.69) is 10.3 Å². The van der Waals surface area contributed by atoms with Gasteiger partial charge in [-0.2, -0.15) is 0 Å². The number of nitrogens with zero attached hydrogens (tertiary/aromatic N) is 4. The second-order valence-corrected chi connectivity index (χ2v) is 9.32. The van der Waals surface area contributed by atoms with E-state index in [1.54, 1.807) is 33.4 Å². The highest BCUT2D eigenvalue weighted by Crippen LogP contribution is 2.30. The molecule has 1 atom stereocenters. The van der Waals surface area contributed by atoms with Crippen molar-refractivity contribution in [1.82, 2.24) is 24.7 Å². The molecule has 0 bridgehead atoms. The summed E-state index contributed by atoms with van der Waals surface area (Å²) in [7, 11) is 0. The van der Waals surface area contributed by atoms with Crippen LogP contribution in [-0.2, 0) is 17.9 Å². The molecular weight excluding hydrogens is 437 g/mol. The Bertz CT molecular complexity index is 1060. The molecule has 1 fully saturated rings. The zero-order valence-electron chi connectivity index (χ0n) is 19.8. The zero-order valence-corrected chi connectivity index (χ0v) is 19.8. The highest BCUT2D eigenvalue weighted by molar-refractivity contribution is 6.07. The van der Waals surface area contributed by atoms with Gasteiger partial charge in [-0.25, -0.2) is 9.37 Å². The first-order chi connectivity index (χ1) is 16.3. The van der Waals surface area contributed by atoms with Gasteiger partial charge in [0.15, 0.2) is 5.69 Å². The Morgan fingerprint density at radius 2 is 1.79 bits per heavy atom. The monoisotopic (exact) mass is 469 g/mol. The lowest BCUT2D eigenvalue weighted by Gasteiger charge is -2.43. The van der Waals surface area contributed by atoms with Crippen molar-refractivity contribution in [3.63, 3.8) is 0 Å². The normalized spacial score (nSPS) is 20.6. The summed E-state index contributed by atoms with van der Waals surface area (Å²) in [6.45, 7) is 5.81. The minimum absolute atomic E-state index is 0.168. The maximum Gasteiger partial charge on any atom is 0.274 e. The molecule has 1 aromatic heterocycles. The van der Waals surface area contributed by atoms with E-state index in [1.807, 2.05) is 6.92 Å². The van der Waals surface area contributed by atoms with Gasteiger partial charge in [-0.05, 0) is 43.9 Å². The van der Waals surface area contributed by atoms with E-state index >= 15 is 0 Å². The summed E-state index contributed by atoms with van der Waals surface area (Å²) in [6, 6.07) is 5.92. The van der Waals surface area contributed by atoms with Crippen LogP contribution < -0.4 is 5.32 Å². The molecule has 34 heavy (non-hydrogen) atoms. The maximum absolute atomic E-state index is 13.6. The summed E-state index contributed by atoms with van der Waals surface area (Å²) in [5, 5.41) is 2.89. The standard InChI is InChI=1S/C25H32FN5O3/c1-3-12-31-23(33)21-20(22(32)29-13-6-4-5-7-14-29)28-17-30(21)16-25(31,2)24(34)27-15-18-8-10-19(26)11-9-18/h8-11,17H,3-7,12-16H2,1-2H3,(H,27,34). The third kappa shape index (κ3) is 4.56. The van der Waals surface area contributed by atoms with Crippen LogP contribution in [0.25, 0.3) is 0 Å². The number of fused-ring (bicyclic) bond motifs is 1. The number of imidazole rings is 1. The molecule has 4 rings (SSSR count). The van der Waals surface area contributed by atoms with Crippen molar-refractivity contribution >= 4 is 17.7 Å². The highest BCUT2D eigenvalue weighted by Gasteiger charge is 2.48. The van der Waals surface area contributed by atoms with Crippen LogP contribution in [0.1, 0.15) is 72.5 Å². The number of likely N-dealkylation sites (tertiary alicyclic amines) is 1. The predicted molar refractivity (Wildman–Crippen MR) is 125 cm³/mol. The van der Waals surface area contributed by atoms with Crippen LogP contribution in [0.5, 0.6) is 0 Å². The van der Waals surface area contributed by atoms with Gasteiger partial charge in [-0.1, -0.05) is 31.9 Å². The van der Waals surface area contributed by atoms with Crippen molar-refractivity contribution in [1.29, 1.82) is 0 Å². The lowest BCUT2D eigenvalue weighted by Crippen LogP contribution is -2.64. The topological polar surface area (TPSA) is 87.5 Å². The van der Waals surface area contributed by atoms with E-state index < -0.39 is 5.54 Å². The van der Waals surface area contributed by atoms with Crippen LogP contribution in [0.15, 0.2) is 30.6 Å². The van der Waals surface area contributed by atoms with Gasteiger partial charge in [0, 0.05) is 26.2 Å². The van der Waals surface area contributed by atoms with Crippen molar-refractivity contribution in [2.24, 2.45) is 0 Å². The number of nitrogens with one attached hydrogen (secondary N) is 1. The lowest BCUT2D eigenvalue weighted by molar-refractivity contribution is -0.133. The molecule has 3 heterocycles. The second-order valence-electron chi connectivity index (χ2n) is 9.32. The van der Waals surface area contributed by atoms with E-state index in [0.29, 0.717) is 26.1 Å². The molecule has 1 unspecified atom stereocenters. The molecule has 1 N–H and O–H groups in total. The third-order valence-corrected chi connectivity index (χ3v) is 6.76. The molecule has 2 aromatic rings. The Morgan fingerprint density at radius 1 is 1.12 bits per heavy atom. The minimum Gasteiger partial charge on any atom is -0.350 e. The predicted octanol–water partition coefficient (Wildman–Crippen LogP) is 2.98. The lowest BCUT2D eigenvalue weighted by atomic mass is 9.93. The summed E-state index contributed by atoms with van der Waals surface area (Å²) in [5.74, 6) is -1.22. The van der Waals surface area contributed by atoms with Crippen LogP contribution in [-0.4, -0.2) is 62.2 Å². The summed E-state index contributed by atoms with van der Waals surface area (Å²) in [5.41, 5.74) is 0.0356. The first-order valence-corrected chi connectivity index (χ1v) is 12.0. The van der Waals surface area contributed by atoms with Crippen LogP contribution >= 0.6 is 0 Å². The van der Waals surface area contributed by atoms with Gasteiger partial charge in [0.2, 0.25) is 5.91 Å². The number of halogens is 1. The number of aromatic nitrogens is 2. The molecule has 2 aliphatic heterocycles. The van der Waals surface area contributed by atoms with Gasteiger partial charge in [-0.15, -0.1) is 0 Å². The molecule has 0 aliphatic carbocycles. The first-order valence-electron chi connectivity index (χ1n) is 12.0. The van der Waals surface area contributed by atoms with Crippen molar-refractivity contribution in [3.05, 3.63) is 53.4 Å². The summed E-state index contributed by atoms with van der Waals surface area (Å²) < 4.78 is 14.8. The van der Waals surface area contributed by atoms with Gasteiger partial charge in [0.05, 0.1) is 12.9 Å². The van der Waals surface area contributed by atoms with Gasteiger partial charge in [0.25, 0.3) is 11.8 Å². The highest BCUT2D eigenvalue weighted by atomic mass is 19.1. The molecule has 0 spiro atoms. The van der Waals surface area contributed by atoms with E-state index in [0.717, 1.165) is 31.2 Å². The third-order valence-electron chi connectivity index (χ3n) is 6.76. The van der Waals surface area contributed by atoms with Crippen LogP contribution in [0.4, 0.5) is 4.39 Å². The molecular formula is C25H32FN5O3. The largest absolute Gasteiger partial charge is 0.350 e. The zero-order chi connectivity index (χ0) is 24.3. The Morgan fingerprint density at radius 3 is 2.44 bits per heavy atom. The molecule has 182 valence electrons. The van der Waals surface area contributed by atoms with E-state index in [1.165, 1.54) is 18.5 Å². The molecule has 8 nitrogen and oxygen atoms in total. The Balaban J connectivity index is 1.58. The average molecular weight is 470 g/mol. The molecule has 3 amide bonds. The summed E-state index contributed by atoms with van der Waals surface area (Å²) >= 11 is 0. The minimum atomic E-state index is -1.15. The van der Waals surface area contributed by atoms with Gasteiger partial charge in [0.1, 0.15) is 17.1 Å². The van der Waals surface area contributed by atoms with E-state index in [-0.39, 0.29) is 48.0 Å². The van der Waals surface area contributed by atoms with Crippen molar-refractivity contribution in [2.45, 2.75) is 64.6 Å². The number of amides is 3. The first kappa shape index (κ1) is 23.9. The Labute approximate surface area is 199 Å². The number of carbonyl (C=O) groups excluding carboxylic acids is 3. The molecule has 2 aliphatic rings. The number of hydrogen-bond acceptors (Lipinski definition) is 4. The van der Waals surface area contributed by atoms with Crippen molar-refractivity contribution in [3.8, 4) is 0 Å². The summed E-state index contributed by atoms with van der Waals surface area (Å²) in [6.07, 6.45) is 6.25. The van der Waals surface area contributed by atoms with Gasteiger partial charge >= 0.3 is 0 Å². The summed E-state index contributed by atoms with van der Waals surface area (Å²) in [4.78, 5) is 47.9. The fraction of sp³-hybridized carbons (Fsp3) is 0.520. The van der Waals surface area contributed by atoms with Gasteiger partial charge in [-0.3, -0.25) is 14.4 Å². The smallest absolute Gasteiger partial charge is 0.274 e. The number of carbonyl (C=O) groups is 3. The molecule has 0 saturated carbocycles. The van der Waals surface area contributed by atoms with Crippen molar-refractivity contribution < 1.29 is 18.8 Å². The second kappa shape index (κ2) is 9.95. The van der Waals surface area contributed by atoms with Crippen molar-refractivity contribution in [2.75, 3.05) is 19.6 Å². The van der Waals surface area contributed by atoms with Crippen LogP contribution in [0, 0.1) is 5.82 Å². The van der Waals surface area contributed by atoms with Crippen LogP contribution in [0.2, 0.25) is 0 Å². The number of benzene rings is 1. The molecule has 9 heteroatoms.